The van der Waals surface area contributed by atoms with Crippen molar-refractivity contribution in [3.05, 3.63) is 22.5 Å². The normalized spacial score (nSPS) is 22.6. The van der Waals surface area contributed by atoms with Gasteiger partial charge < -0.3 is 10.2 Å². The zero-order chi connectivity index (χ0) is 13.9. The maximum atomic E-state index is 11.7. The standard InChI is InChI=1S/C14H20N4O2/c19-13-7-6-12(16-17-13)18-8-2-1-3-11(18)9-15-14(20)10-4-5-10/h6-7,10-11H,1-5,8-9H2,(H,15,20)(H,17,19). The van der Waals surface area contributed by atoms with Crippen LogP contribution in [0.15, 0.2) is 16.9 Å². The molecule has 2 N–H and O–H groups in total. The molecule has 20 heavy (non-hydrogen) atoms. The van der Waals surface area contributed by atoms with E-state index >= 15 is 0 Å². The van der Waals surface area contributed by atoms with E-state index in [-0.39, 0.29) is 23.4 Å². The Morgan fingerprint density at radius 3 is 2.90 bits per heavy atom. The molecular formula is C14H20N4O2. The summed E-state index contributed by atoms with van der Waals surface area (Å²) in [7, 11) is 0. The highest BCUT2D eigenvalue weighted by molar-refractivity contribution is 5.80. The molecule has 6 heteroatoms. The second-order valence-corrected chi connectivity index (χ2v) is 5.64. The molecule has 3 rings (SSSR count). The molecule has 2 aliphatic rings. The summed E-state index contributed by atoms with van der Waals surface area (Å²) in [5.41, 5.74) is -0.190. The monoisotopic (exact) mass is 276 g/mol. The molecule has 2 heterocycles. The predicted molar refractivity (Wildman–Crippen MR) is 75.6 cm³/mol. The number of aromatic amines is 1. The van der Waals surface area contributed by atoms with Gasteiger partial charge >= 0.3 is 0 Å². The Labute approximate surface area is 117 Å². The van der Waals surface area contributed by atoms with Crippen molar-refractivity contribution in [1.82, 2.24) is 15.5 Å². The van der Waals surface area contributed by atoms with Crippen molar-refractivity contribution >= 4 is 11.7 Å². The number of aromatic nitrogens is 2. The number of amides is 1. The number of hydrogen-bond donors (Lipinski definition) is 2. The number of carbonyl (C=O) groups is 1. The minimum absolute atomic E-state index is 0.185. The molecule has 1 amide bonds. The van der Waals surface area contributed by atoms with Crippen molar-refractivity contribution in [2.45, 2.75) is 38.1 Å². The molecule has 1 unspecified atom stereocenters. The van der Waals surface area contributed by atoms with Gasteiger partial charge in [0.15, 0.2) is 0 Å². The first-order valence-electron chi connectivity index (χ1n) is 7.34. The Balaban J connectivity index is 1.65. The first kappa shape index (κ1) is 13.1. The third-order valence-electron chi connectivity index (χ3n) is 4.05. The van der Waals surface area contributed by atoms with Crippen LogP contribution in [0.3, 0.4) is 0 Å². The molecule has 2 fully saturated rings. The van der Waals surface area contributed by atoms with E-state index in [1.807, 2.05) is 0 Å². The third kappa shape index (κ3) is 3.00. The van der Waals surface area contributed by atoms with Gasteiger partial charge in [0, 0.05) is 31.1 Å². The number of carbonyl (C=O) groups excluding carboxylic acids is 1. The van der Waals surface area contributed by atoms with Gasteiger partial charge in [-0.2, -0.15) is 5.10 Å². The van der Waals surface area contributed by atoms with E-state index < -0.39 is 0 Å². The van der Waals surface area contributed by atoms with Crippen LogP contribution in [0, 0.1) is 5.92 Å². The average molecular weight is 276 g/mol. The van der Waals surface area contributed by atoms with Gasteiger partial charge in [-0.1, -0.05) is 0 Å². The molecule has 1 atom stereocenters. The molecular weight excluding hydrogens is 256 g/mol. The molecule has 0 bridgehead atoms. The van der Waals surface area contributed by atoms with Crippen LogP contribution in [-0.4, -0.2) is 35.2 Å². The van der Waals surface area contributed by atoms with Gasteiger partial charge in [0.2, 0.25) is 5.91 Å². The predicted octanol–water partition coefficient (Wildman–Crippen LogP) is 0.655. The third-order valence-corrected chi connectivity index (χ3v) is 4.05. The van der Waals surface area contributed by atoms with Crippen molar-refractivity contribution in [3.8, 4) is 0 Å². The number of piperidine rings is 1. The molecule has 0 spiro atoms. The van der Waals surface area contributed by atoms with E-state index in [0.717, 1.165) is 38.0 Å². The van der Waals surface area contributed by atoms with E-state index in [9.17, 15) is 9.59 Å². The van der Waals surface area contributed by atoms with Crippen LogP contribution in [0.5, 0.6) is 0 Å². The topological polar surface area (TPSA) is 78.1 Å². The van der Waals surface area contributed by atoms with Gasteiger partial charge in [-0.3, -0.25) is 9.59 Å². The second-order valence-electron chi connectivity index (χ2n) is 5.64. The largest absolute Gasteiger partial charge is 0.354 e. The van der Waals surface area contributed by atoms with Gasteiger partial charge in [0.1, 0.15) is 5.82 Å². The van der Waals surface area contributed by atoms with Crippen molar-refractivity contribution < 1.29 is 4.79 Å². The lowest BCUT2D eigenvalue weighted by Crippen LogP contribution is -2.47. The first-order chi connectivity index (χ1) is 9.74. The van der Waals surface area contributed by atoms with E-state index in [0.29, 0.717) is 6.54 Å². The summed E-state index contributed by atoms with van der Waals surface area (Å²) < 4.78 is 0. The Morgan fingerprint density at radius 1 is 1.35 bits per heavy atom. The fourth-order valence-electron chi connectivity index (χ4n) is 2.72. The Morgan fingerprint density at radius 2 is 2.20 bits per heavy atom. The quantitative estimate of drug-likeness (QED) is 0.846. The van der Waals surface area contributed by atoms with Crippen molar-refractivity contribution in [2.75, 3.05) is 18.0 Å². The maximum absolute atomic E-state index is 11.7. The highest BCUT2D eigenvalue weighted by Gasteiger charge is 2.31. The van der Waals surface area contributed by atoms with Crippen LogP contribution in [0.4, 0.5) is 5.82 Å². The lowest BCUT2D eigenvalue weighted by molar-refractivity contribution is -0.122. The molecule has 1 aliphatic carbocycles. The molecule has 0 aromatic carbocycles. The lowest BCUT2D eigenvalue weighted by Gasteiger charge is -2.36. The van der Waals surface area contributed by atoms with Crippen LogP contribution in [-0.2, 0) is 4.79 Å². The number of anilines is 1. The van der Waals surface area contributed by atoms with E-state index in [1.54, 1.807) is 6.07 Å². The van der Waals surface area contributed by atoms with Gasteiger partial charge in [-0.15, -0.1) is 0 Å². The smallest absolute Gasteiger partial charge is 0.264 e. The second kappa shape index (κ2) is 5.64. The summed E-state index contributed by atoms with van der Waals surface area (Å²) in [6.45, 7) is 1.58. The van der Waals surface area contributed by atoms with Crippen LogP contribution in [0.25, 0.3) is 0 Å². The van der Waals surface area contributed by atoms with Crippen molar-refractivity contribution in [1.29, 1.82) is 0 Å². The molecule has 108 valence electrons. The van der Waals surface area contributed by atoms with Gasteiger partial charge in [0.25, 0.3) is 5.56 Å². The van der Waals surface area contributed by atoms with Crippen LogP contribution >= 0.6 is 0 Å². The van der Waals surface area contributed by atoms with Gasteiger partial charge in [-0.25, -0.2) is 5.10 Å². The molecule has 1 saturated heterocycles. The number of nitrogens with one attached hydrogen (secondary N) is 2. The fraction of sp³-hybridized carbons (Fsp3) is 0.643. The van der Waals surface area contributed by atoms with E-state index in [1.165, 1.54) is 12.5 Å². The summed E-state index contributed by atoms with van der Waals surface area (Å²) in [6.07, 6.45) is 5.40. The minimum Gasteiger partial charge on any atom is -0.354 e. The lowest BCUT2D eigenvalue weighted by atomic mass is 10.0. The van der Waals surface area contributed by atoms with Crippen LogP contribution in [0.2, 0.25) is 0 Å². The molecule has 6 nitrogen and oxygen atoms in total. The van der Waals surface area contributed by atoms with Crippen LogP contribution in [0.1, 0.15) is 32.1 Å². The number of H-pyrrole nitrogens is 1. The van der Waals surface area contributed by atoms with Crippen LogP contribution < -0.4 is 15.8 Å². The molecule has 0 radical (unpaired) electrons. The highest BCUT2D eigenvalue weighted by Crippen LogP contribution is 2.29. The Kier molecular flexibility index (Phi) is 3.71. The highest BCUT2D eigenvalue weighted by atomic mass is 16.2. The first-order valence-corrected chi connectivity index (χ1v) is 7.34. The number of hydrogen-bond acceptors (Lipinski definition) is 4. The zero-order valence-corrected chi connectivity index (χ0v) is 11.5. The fourth-order valence-corrected chi connectivity index (χ4v) is 2.72. The summed E-state index contributed by atoms with van der Waals surface area (Å²) in [5.74, 6) is 1.22. The summed E-state index contributed by atoms with van der Waals surface area (Å²) in [4.78, 5) is 25.0. The summed E-state index contributed by atoms with van der Waals surface area (Å²) in [6, 6.07) is 3.52. The summed E-state index contributed by atoms with van der Waals surface area (Å²) >= 11 is 0. The van der Waals surface area contributed by atoms with E-state index in [2.05, 4.69) is 20.4 Å². The SMILES string of the molecule is O=C(NCC1CCCCN1c1ccc(=O)[nH]n1)C1CC1. The number of nitrogens with zero attached hydrogens (tertiary/aromatic N) is 2. The van der Waals surface area contributed by atoms with Crippen molar-refractivity contribution in [3.63, 3.8) is 0 Å². The van der Waals surface area contributed by atoms with E-state index in [4.69, 9.17) is 0 Å². The Hall–Kier alpha value is -1.85. The molecule has 1 aliphatic heterocycles. The van der Waals surface area contributed by atoms with Gasteiger partial charge in [0.05, 0.1) is 0 Å². The Bertz CT molecular complexity index is 518. The molecule has 1 saturated carbocycles. The van der Waals surface area contributed by atoms with Gasteiger partial charge in [-0.05, 0) is 38.2 Å². The average Bonchev–Trinajstić information content (AvgIpc) is 3.31. The zero-order valence-electron chi connectivity index (χ0n) is 11.5. The minimum atomic E-state index is -0.190. The van der Waals surface area contributed by atoms with Crippen molar-refractivity contribution in [2.24, 2.45) is 5.92 Å². The maximum Gasteiger partial charge on any atom is 0.264 e. The molecule has 1 aromatic rings. The number of rotatable bonds is 4. The summed E-state index contributed by atoms with van der Waals surface area (Å²) in [5, 5.41) is 9.62. The molecule has 1 aromatic heterocycles.